The summed E-state index contributed by atoms with van der Waals surface area (Å²) in [5.74, 6) is -1.25. The van der Waals surface area contributed by atoms with Gasteiger partial charge in [-0.25, -0.2) is 0 Å². The van der Waals surface area contributed by atoms with Crippen LogP contribution in [0.4, 0.5) is 0 Å². The summed E-state index contributed by atoms with van der Waals surface area (Å²) >= 11 is 5.38. The summed E-state index contributed by atoms with van der Waals surface area (Å²) in [7, 11) is 0. The number of amides is 3. The van der Waals surface area contributed by atoms with Crippen molar-refractivity contribution in [2.75, 3.05) is 6.54 Å². The first-order valence-corrected chi connectivity index (χ1v) is 6.59. The van der Waals surface area contributed by atoms with Crippen LogP contribution in [0.15, 0.2) is 16.3 Å². The van der Waals surface area contributed by atoms with E-state index in [0.29, 0.717) is 9.77 Å². The fraction of sp³-hybridized carbons (Fsp3) is 0.364. The Bertz CT molecular complexity index is 536. The summed E-state index contributed by atoms with van der Waals surface area (Å²) in [6.07, 6.45) is 0. The van der Waals surface area contributed by atoms with Gasteiger partial charge in [0.2, 0.25) is 5.91 Å². The Hall–Kier alpha value is -1.34. The van der Waals surface area contributed by atoms with E-state index in [9.17, 15) is 14.4 Å². The van der Waals surface area contributed by atoms with Crippen LogP contribution in [-0.2, 0) is 9.59 Å². The zero-order valence-corrected chi connectivity index (χ0v) is 11.6. The highest BCUT2D eigenvalue weighted by Crippen LogP contribution is 2.25. The standard InChI is InChI=1S/C11H12N2O3S2/c1-11(2)10(16)12-8(14)4-13(11)9(15)7-3-6(17)5-18-7/h3,5,17H,4H2,1-2H3,(H,12,14,16). The van der Waals surface area contributed by atoms with Crippen molar-refractivity contribution in [2.24, 2.45) is 0 Å². The van der Waals surface area contributed by atoms with Crippen molar-refractivity contribution >= 4 is 41.7 Å². The molecule has 1 aliphatic heterocycles. The van der Waals surface area contributed by atoms with Gasteiger partial charge in [-0.1, -0.05) is 0 Å². The number of rotatable bonds is 1. The van der Waals surface area contributed by atoms with Gasteiger partial charge in [-0.2, -0.15) is 0 Å². The van der Waals surface area contributed by atoms with Gasteiger partial charge < -0.3 is 4.90 Å². The van der Waals surface area contributed by atoms with E-state index in [1.54, 1.807) is 25.3 Å². The van der Waals surface area contributed by atoms with Crippen LogP contribution in [0.1, 0.15) is 23.5 Å². The first-order chi connectivity index (χ1) is 8.32. The maximum Gasteiger partial charge on any atom is 0.265 e. The van der Waals surface area contributed by atoms with Gasteiger partial charge in [-0.15, -0.1) is 24.0 Å². The lowest BCUT2D eigenvalue weighted by molar-refractivity contribution is -0.143. The minimum atomic E-state index is -1.04. The SMILES string of the molecule is CC1(C)C(=O)NC(=O)CN1C(=O)c1cc(S)cs1. The van der Waals surface area contributed by atoms with Crippen molar-refractivity contribution in [3.63, 3.8) is 0 Å². The van der Waals surface area contributed by atoms with E-state index in [2.05, 4.69) is 17.9 Å². The number of carbonyl (C=O) groups excluding carboxylic acids is 3. The molecule has 1 N–H and O–H groups in total. The van der Waals surface area contributed by atoms with E-state index in [-0.39, 0.29) is 12.5 Å². The molecule has 0 saturated carbocycles. The molecule has 2 rings (SSSR count). The molecule has 3 amide bonds. The Morgan fingerprint density at radius 3 is 2.72 bits per heavy atom. The van der Waals surface area contributed by atoms with Crippen molar-refractivity contribution in [3.8, 4) is 0 Å². The molecule has 18 heavy (non-hydrogen) atoms. The van der Waals surface area contributed by atoms with Crippen LogP contribution in [0.5, 0.6) is 0 Å². The first kappa shape index (κ1) is 13.1. The quantitative estimate of drug-likeness (QED) is 0.595. The lowest BCUT2D eigenvalue weighted by atomic mass is 9.98. The molecule has 96 valence electrons. The second-order valence-corrected chi connectivity index (χ2v) is 5.92. The third kappa shape index (κ3) is 2.15. The molecule has 1 aromatic heterocycles. The highest BCUT2D eigenvalue weighted by atomic mass is 32.1. The van der Waals surface area contributed by atoms with Crippen LogP contribution in [-0.4, -0.2) is 34.7 Å². The molecule has 1 saturated heterocycles. The van der Waals surface area contributed by atoms with E-state index in [1.807, 2.05) is 0 Å². The molecular formula is C11H12N2O3S2. The van der Waals surface area contributed by atoms with Crippen molar-refractivity contribution in [3.05, 3.63) is 16.3 Å². The van der Waals surface area contributed by atoms with Crippen LogP contribution in [0, 0.1) is 0 Å². The van der Waals surface area contributed by atoms with Gasteiger partial charge in [0.15, 0.2) is 0 Å². The van der Waals surface area contributed by atoms with Crippen molar-refractivity contribution in [1.82, 2.24) is 10.2 Å². The van der Waals surface area contributed by atoms with Gasteiger partial charge in [0, 0.05) is 10.3 Å². The summed E-state index contributed by atoms with van der Waals surface area (Å²) in [6.45, 7) is 3.11. The molecule has 1 fully saturated rings. The van der Waals surface area contributed by atoms with Crippen LogP contribution >= 0.6 is 24.0 Å². The number of hydrogen-bond donors (Lipinski definition) is 2. The predicted octanol–water partition coefficient (Wildman–Crippen LogP) is 0.914. The van der Waals surface area contributed by atoms with Gasteiger partial charge >= 0.3 is 0 Å². The highest BCUT2D eigenvalue weighted by Gasteiger charge is 2.43. The van der Waals surface area contributed by atoms with E-state index < -0.39 is 17.4 Å². The van der Waals surface area contributed by atoms with Crippen LogP contribution in [0.2, 0.25) is 0 Å². The molecule has 0 aromatic carbocycles. The Balaban J connectivity index is 2.33. The first-order valence-electron chi connectivity index (χ1n) is 5.26. The van der Waals surface area contributed by atoms with Crippen LogP contribution in [0.3, 0.4) is 0 Å². The lowest BCUT2D eigenvalue weighted by Gasteiger charge is -2.39. The molecule has 0 radical (unpaired) electrons. The van der Waals surface area contributed by atoms with Crippen molar-refractivity contribution < 1.29 is 14.4 Å². The van der Waals surface area contributed by atoms with Crippen LogP contribution in [0.25, 0.3) is 0 Å². The Kier molecular flexibility index (Phi) is 3.20. The van der Waals surface area contributed by atoms with Gasteiger partial charge in [-0.05, 0) is 19.9 Å². The second-order valence-electron chi connectivity index (χ2n) is 4.50. The molecular weight excluding hydrogens is 272 g/mol. The molecule has 0 bridgehead atoms. The zero-order chi connectivity index (χ0) is 13.5. The van der Waals surface area contributed by atoms with Gasteiger partial charge in [0.25, 0.3) is 11.8 Å². The summed E-state index contributed by atoms with van der Waals surface area (Å²) < 4.78 is 0. The smallest absolute Gasteiger partial charge is 0.265 e. The topological polar surface area (TPSA) is 66.5 Å². The largest absolute Gasteiger partial charge is 0.314 e. The number of thiophene rings is 1. The number of nitrogens with one attached hydrogen (secondary N) is 1. The van der Waals surface area contributed by atoms with Crippen molar-refractivity contribution in [1.29, 1.82) is 0 Å². The van der Waals surface area contributed by atoms with Gasteiger partial charge in [0.05, 0.1) is 4.88 Å². The Morgan fingerprint density at radius 2 is 2.17 bits per heavy atom. The molecule has 7 heteroatoms. The number of hydrogen-bond acceptors (Lipinski definition) is 5. The summed E-state index contributed by atoms with van der Waals surface area (Å²) in [5.41, 5.74) is -1.04. The Morgan fingerprint density at radius 1 is 1.50 bits per heavy atom. The third-order valence-corrected chi connectivity index (χ3v) is 4.18. The molecule has 0 aliphatic carbocycles. The average Bonchev–Trinajstić information content (AvgIpc) is 2.70. The molecule has 0 unspecified atom stereocenters. The maximum absolute atomic E-state index is 12.3. The Labute approximate surface area is 114 Å². The molecule has 1 aliphatic rings. The van der Waals surface area contributed by atoms with E-state index in [0.717, 1.165) is 0 Å². The van der Waals surface area contributed by atoms with E-state index >= 15 is 0 Å². The summed E-state index contributed by atoms with van der Waals surface area (Å²) in [4.78, 5) is 37.8. The fourth-order valence-corrected chi connectivity index (χ4v) is 2.78. The minimum Gasteiger partial charge on any atom is -0.314 e. The minimum absolute atomic E-state index is 0.114. The molecule has 1 aromatic rings. The van der Waals surface area contributed by atoms with E-state index in [4.69, 9.17) is 0 Å². The lowest BCUT2D eigenvalue weighted by Crippen LogP contribution is -2.65. The number of piperazine rings is 1. The average molecular weight is 284 g/mol. The number of thiol groups is 1. The van der Waals surface area contributed by atoms with Gasteiger partial charge in [0.1, 0.15) is 12.1 Å². The second kappa shape index (κ2) is 4.40. The monoisotopic (exact) mass is 284 g/mol. The number of nitrogens with zero attached hydrogens (tertiary/aromatic N) is 1. The van der Waals surface area contributed by atoms with Gasteiger partial charge in [-0.3, -0.25) is 19.7 Å². The fourth-order valence-electron chi connectivity index (χ4n) is 1.68. The number of carbonyl (C=O) groups is 3. The van der Waals surface area contributed by atoms with Crippen LogP contribution < -0.4 is 5.32 Å². The molecule has 5 nitrogen and oxygen atoms in total. The number of imide groups is 1. The molecule has 0 atom stereocenters. The highest BCUT2D eigenvalue weighted by molar-refractivity contribution is 7.80. The zero-order valence-electron chi connectivity index (χ0n) is 9.89. The summed E-state index contributed by atoms with van der Waals surface area (Å²) in [6, 6.07) is 1.63. The molecule has 2 heterocycles. The van der Waals surface area contributed by atoms with Crippen molar-refractivity contribution in [2.45, 2.75) is 24.3 Å². The third-order valence-electron chi connectivity index (χ3n) is 2.83. The molecule has 0 spiro atoms. The normalized spacial score (nSPS) is 18.7. The summed E-state index contributed by atoms with van der Waals surface area (Å²) in [5, 5.41) is 3.96. The van der Waals surface area contributed by atoms with E-state index in [1.165, 1.54) is 16.2 Å². The maximum atomic E-state index is 12.3. The predicted molar refractivity (Wildman–Crippen MR) is 69.8 cm³/mol.